The highest BCUT2D eigenvalue weighted by Gasteiger charge is 2.42. The van der Waals surface area contributed by atoms with E-state index in [1.54, 1.807) is 5.48 Å². The summed E-state index contributed by atoms with van der Waals surface area (Å²) in [5.41, 5.74) is 2.96. The fraction of sp³-hybridized carbons (Fsp3) is 0.625. The molecule has 3 fully saturated rings. The number of likely N-dealkylation sites (tertiary alicyclic amines) is 2. The lowest BCUT2D eigenvalue weighted by atomic mass is 9.81. The van der Waals surface area contributed by atoms with Crippen molar-refractivity contribution in [3.05, 3.63) is 35.9 Å². The number of amides is 3. The monoisotopic (exact) mass is 442 g/mol. The molecule has 3 aliphatic heterocycles. The molecule has 0 saturated carbocycles. The fourth-order valence-corrected chi connectivity index (χ4v) is 5.44. The highest BCUT2D eigenvalue weighted by molar-refractivity contribution is 5.90. The summed E-state index contributed by atoms with van der Waals surface area (Å²) in [6, 6.07) is 9.49. The average Bonchev–Trinajstić information content (AvgIpc) is 3.34. The van der Waals surface area contributed by atoms with E-state index in [2.05, 4.69) is 17.4 Å². The minimum Gasteiger partial charge on any atom is -0.343 e. The Morgan fingerprint density at radius 3 is 2.50 bits per heavy atom. The molecule has 3 amide bonds. The highest BCUT2D eigenvalue weighted by Crippen LogP contribution is 2.31. The second-order valence-electron chi connectivity index (χ2n) is 9.40. The second-order valence-corrected chi connectivity index (χ2v) is 9.40. The minimum atomic E-state index is -0.698. The summed E-state index contributed by atoms with van der Waals surface area (Å²) >= 11 is 0. The molecule has 0 aliphatic carbocycles. The molecule has 3 unspecified atom stereocenters. The summed E-state index contributed by atoms with van der Waals surface area (Å²) in [5.74, 6) is -0.983. The molecule has 174 valence electrons. The van der Waals surface area contributed by atoms with Crippen LogP contribution in [0, 0.1) is 11.8 Å². The van der Waals surface area contributed by atoms with Gasteiger partial charge in [-0.25, -0.2) is 5.48 Å². The first-order valence-electron chi connectivity index (χ1n) is 11.9. The number of carbonyl (C=O) groups is 3. The molecule has 8 nitrogen and oxygen atoms in total. The molecule has 1 aromatic carbocycles. The van der Waals surface area contributed by atoms with Crippen molar-refractivity contribution < 1.29 is 19.6 Å². The number of hydrogen-bond donors (Lipinski definition) is 3. The molecule has 0 spiro atoms. The van der Waals surface area contributed by atoms with Crippen LogP contribution in [0.2, 0.25) is 0 Å². The molecule has 3 aliphatic rings. The van der Waals surface area contributed by atoms with Crippen LogP contribution in [0.25, 0.3) is 0 Å². The molecule has 4 rings (SSSR count). The van der Waals surface area contributed by atoms with Crippen molar-refractivity contribution in [2.45, 2.75) is 50.5 Å². The van der Waals surface area contributed by atoms with E-state index in [4.69, 9.17) is 0 Å². The standard InChI is InChI=1S/C24H34N4O4/c29-21(27-10-5-2-6-11-27)14-17-13-20(23(30)26-32)22(25-15-17)24(31)28-12-9-19(16-28)18-7-3-1-4-8-18/h1,3-4,7-8,17,19-20,22,25,32H,2,5-6,9-16H2,(H,26,30)/t17?,19-,20?,22?/m0/s1. The maximum Gasteiger partial charge on any atom is 0.248 e. The third-order valence-electron chi connectivity index (χ3n) is 7.27. The number of carbonyl (C=O) groups excluding carboxylic acids is 3. The number of benzene rings is 1. The predicted molar refractivity (Wildman–Crippen MR) is 119 cm³/mol. The van der Waals surface area contributed by atoms with E-state index in [0.29, 0.717) is 38.4 Å². The van der Waals surface area contributed by atoms with Crippen molar-refractivity contribution in [2.24, 2.45) is 11.8 Å². The maximum atomic E-state index is 13.3. The van der Waals surface area contributed by atoms with Gasteiger partial charge in [0.15, 0.2) is 0 Å². The van der Waals surface area contributed by atoms with Crippen LogP contribution in [0.1, 0.15) is 50.0 Å². The van der Waals surface area contributed by atoms with E-state index in [1.807, 2.05) is 28.0 Å². The molecule has 8 heteroatoms. The Labute approximate surface area is 189 Å². The molecular formula is C24H34N4O4. The Hall–Kier alpha value is -2.45. The molecule has 0 bridgehead atoms. The van der Waals surface area contributed by atoms with Gasteiger partial charge in [0.1, 0.15) is 0 Å². The summed E-state index contributed by atoms with van der Waals surface area (Å²) in [6.45, 7) is 3.41. The largest absolute Gasteiger partial charge is 0.343 e. The van der Waals surface area contributed by atoms with E-state index >= 15 is 0 Å². The van der Waals surface area contributed by atoms with Gasteiger partial charge in [-0.15, -0.1) is 0 Å². The summed E-state index contributed by atoms with van der Waals surface area (Å²) in [6.07, 6.45) is 4.92. The molecule has 32 heavy (non-hydrogen) atoms. The number of piperidine rings is 2. The molecule has 3 heterocycles. The van der Waals surface area contributed by atoms with Gasteiger partial charge in [-0.3, -0.25) is 19.6 Å². The zero-order valence-electron chi connectivity index (χ0n) is 18.5. The zero-order chi connectivity index (χ0) is 22.5. The smallest absolute Gasteiger partial charge is 0.248 e. The summed E-state index contributed by atoms with van der Waals surface area (Å²) in [7, 11) is 0. The Morgan fingerprint density at radius 2 is 1.78 bits per heavy atom. The minimum absolute atomic E-state index is 0.0357. The molecule has 0 radical (unpaired) electrons. The lowest BCUT2D eigenvalue weighted by Gasteiger charge is -2.37. The Kier molecular flexibility index (Phi) is 7.42. The first-order valence-corrected chi connectivity index (χ1v) is 11.9. The number of hydroxylamine groups is 1. The normalized spacial score (nSPS) is 28.4. The van der Waals surface area contributed by atoms with Crippen molar-refractivity contribution in [3.63, 3.8) is 0 Å². The van der Waals surface area contributed by atoms with Crippen LogP contribution >= 0.6 is 0 Å². The van der Waals surface area contributed by atoms with Crippen LogP contribution in [-0.4, -0.2) is 71.5 Å². The van der Waals surface area contributed by atoms with E-state index in [-0.39, 0.29) is 17.7 Å². The summed E-state index contributed by atoms with van der Waals surface area (Å²) < 4.78 is 0. The summed E-state index contributed by atoms with van der Waals surface area (Å²) in [4.78, 5) is 42.2. The average molecular weight is 443 g/mol. The van der Waals surface area contributed by atoms with Gasteiger partial charge in [-0.05, 0) is 50.1 Å². The van der Waals surface area contributed by atoms with Gasteiger partial charge in [-0.1, -0.05) is 30.3 Å². The molecule has 0 aromatic heterocycles. The lowest BCUT2D eigenvalue weighted by Crippen LogP contribution is -2.58. The quantitative estimate of drug-likeness (QED) is 0.474. The topological polar surface area (TPSA) is 102 Å². The third-order valence-corrected chi connectivity index (χ3v) is 7.27. The highest BCUT2D eigenvalue weighted by atomic mass is 16.5. The second kappa shape index (κ2) is 10.4. The van der Waals surface area contributed by atoms with Crippen LogP contribution in [0.4, 0.5) is 0 Å². The van der Waals surface area contributed by atoms with Crippen molar-refractivity contribution in [3.8, 4) is 0 Å². The molecule has 4 atom stereocenters. The fourth-order valence-electron chi connectivity index (χ4n) is 5.44. The van der Waals surface area contributed by atoms with Gasteiger partial charge in [0, 0.05) is 38.5 Å². The first kappa shape index (κ1) is 22.7. The molecule has 3 N–H and O–H groups in total. The van der Waals surface area contributed by atoms with Gasteiger partial charge < -0.3 is 15.1 Å². The lowest BCUT2D eigenvalue weighted by molar-refractivity contribution is -0.144. The number of rotatable bonds is 5. The van der Waals surface area contributed by atoms with Gasteiger partial charge in [0.05, 0.1) is 12.0 Å². The zero-order valence-corrected chi connectivity index (χ0v) is 18.5. The van der Waals surface area contributed by atoms with E-state index in [9.17, 15) is 19.6 Å². The van der Waals surface area contributed by atoms with Crippen LogP contribution in [-0.2, 0) is 14.4 Å². The van der Waals surface area contributed by atoms with Crippen LogP contribution < -0.4 is 10.8 Å². The number of hydrogen-bond acceptors (Lipinski definition) is 5. The Balaban J connectivity index is 1.37. The van der Waals surface area contributed by atoms with Gasteiger partial charge >= 0.3 is 0 Å². The molecule has 1 aromatic rings. The molecular weight excluding hydrogens is 408 g/mol. The van der Waals surface area contributed by atoms with E-state index in [0.717, 1.165) is 32.4 Å². The van der Waals surface area contributed by atoms with Crippen molar-refractivity contribution in [1.82, 2.24) is 20.6 Å². The Bertz CT molecular complexity index is 811. The molecule has 3 saturated heterocycles. The van der Waals surface area contributed by atoms with Crippen LogP contribution in [0.5, 0.6) is 0 Å². The third kappa shape index (κ3) is 5.13. The van der Waals surface area contributed by atoms with Gasteiger partial charge in [-0.2, -0.15) is 0 Å². The predicted octanol–water partition coefficient (Wildman–Crippen LogP) is 1.50. The van der Waals surface area contributed by atoms with E-state index < -0.39 is 17.9 Å². The SMILES string of the molecule is O=C(NO)C1CC(CC(=O)N2CCCCC2)CNC1C(=O)N1CC[C@H](c2ccccc2)C1. The van der Waals surface area contributed by atoms with E-state index in [1.165, 1.54) is 12.0 Å². The van der Waals surface area contributed by atoms with Crippen molar-refractivity contribution in [2.75, 3.05) is 32.7 Å². The summed E-state index contributed by atoms with van der Waals surface area (Å²) in [5, 5.41) is 12.5. The Morgan fingerprint density at radius 1 is 1.03 bits per heavy atom. The van der Waals surface area contributed by atoms with Crippen molar-refractivity contribution >= 4 is 17.7 Å². The van der Waals surface area contributed by atoms with Crippen LogP contribution in [0.15, 0.2) is 30.3 Å². The van der Waals surface area contributed by atoms with Crippen LogP contribution in [0.3, 0.4) is 0 Å². The number of nitrogens with zero attached hydrogens (tertiary/aromatic N) is 2. The number of nitrogens with one attached hydrogen (secondary N) is 2. The first-order chi connectivity index (χ1) is 15.6. The maximum absolute atomic E-state index is 13.3. The van der Waals surface area contributed by atoms with Crippen molar-refractivity contribution in [1.29, 1.82) is 0 Å². The van der Waals surface area contributed by atoms with Gasteiger partial charge in [0.25, 0.3) is 0 Å². The van der Waals surface area contributed by atoms with Gasteiger partial charge in [0.2, 0.25) is 17.7 Å².